The molecule has 1 atom stereocenters. The number of ether oxygens (including phenoxy) is 2. The molecule has 0 bridgehead atoms. The highest BCUT2D eigenvalue weighted by molar-refractivity contribution is 7.89. The predicted molar refractivity (Wildman–Crippen MR) is 142 cm³/mol. The van der Waals surface area contributed by atoms with E-state index in [2.05, 4.69) is 13.8 Å². The third-order valence-electron chi connectivity index (χ3n) is 6.94. The molecule has 1 N–H and O–H groups in total. The third-order valence-corrected chi connectivity index (χ3v) is 8.85. The largest absolute Gasteiger partial charge is 0.507 e. The zero-order valence-corrected chi connectivity index (χ0v) is 22.7. The number of carbonyl (C=O) groups is 2. The maximum atomic E-state index is 13.2. The van der Waals surface area contributed by atoms with Gasteiger partial charge in [0.1, 0.15) is 5.76 Å². The maximum Gasteiger partial charge on any atom is 0.295 e. The Bertz CT molecular complexity index is 1300. The molecule has 0 aromatic heterocycles. The number of sulfonamides is 1. The Kier molecular flexibility index (Phi) is 8.67. The van der Waals surface area contributed by atoms with Crippen LogP contribution in [0.1, 0.15) is 48.9 Å². The first-order valence-corrected chi connectivity index (χ1v) is 14.2. The molecule has 2 heterocycles. The van der Waals surface area contributed by atoms with Crippen molar-refractivity contribution in [1.29, 1.82) is 0 Å². The van der Waals surface area contributed by atoms with Crippen molar-refractivity contribution in [3.05, 3.63) is 70.8 Å². The normalized spacial score (nSPS) is 20.4. The number of amides is 1. The maximum absolute atomic E-state index is 13.2. The van der Waals surface area contributed by atoms with Gasteiger partial charge in [0.25, 0.3) is 11.7 Å². The average Bonchev–Trinajstić information content (AvgIpc) is 3.18. The van der Waals surface area contributed by atoms with Crippen LogP contribution in [0.2, 0.25) is 0 Å². The summed E-state index contributed by atoms with van der Waals surface area (Å²) in [5.41, 5.74) is 2.05. The lowest BCUT2D eigenvalue weighted by molar-refractivity contribution is -0.140. The number of benzene rings is 2. The molecule has 2 aromatic carbocycles. The van der Waals surface area contributed by atoms with E-state index in [-0.39, 0.29) is 41.4 Å². The summed E-state index contributed by atoms with van der Waals surface area (Å²) in [4.78, 5) is 27.8. The molecule has 38 heavy (non-hydrogen) atoms. The predicted octanol–water partition coefficient (Wildman–Crippen LogP) is 3.29. The molecular weight excluding hydrogens is 508 g/mol. The lowest BCUT2D eigenvalue weighted by Gasteiger charge is -2.26. The minimum Gasteiger partial charge on any atom is -0.507 e. The zero-order chi connectivity index (χ0) is 27.4. The van der Waals surface area contributed by atoms with Gasteiger partial charge >= 0.3 is 0 Å². The minimum absolute atomic E-state index is 0.0199. The van der Waals surface area contributed by atoms with Gasteiger partial charge in [0.15, 0.2) is 0 Å². The van der Waals surface area contributed by atoms with E-state index < -0.39 is 27.8 Å². The number of nitrogens with zero attached hydrogens (tertiary/aromatic N) is 2. The molecule has 2 fully saturated rings. The Hall–Kier alpha value is -3.05. The number of morpholine rings is 1. The second-order valence-corrected chi connectivity index (χ2v) is 11.6. The Morgan fingerprint density at radius 3 is 2.26 bits per heavy atom. The molecule has 1 amide bonds. The third kappa shape index (κ3) is 5.54. The molecule has 10 heteroatoms. The number of hydrogen-bond acceptors (Lipinski definition) is 7. The molecule has 0 spiro atoms. The number of ketones is 1. The van der Waals surface area contributed by atoms with Gasteiger partial charge in [-0.25, -0.2) is 8.42 Å². The van der Waals surface area contributed by atoms with Crippen LogP contribution in [0.15, 0.2) is 59.0 Å². The Morgan fingerprint density at radius 1 is 1.05 bits per heavy atom. The summed E-state index contributed by atoms with van der Waals surface area (Å²) in [6.07, 6.45) is 0.526. The Balaban J connectivity index is 1.72. The number of rotatable bonds is 9. The summed E-state index contributed by atoms with van der Waals surface area (Å²) < 4.78 is 37.7. The van der Waals surface area contributed by atoms with Crippen LogP contribution in [-0.4, -0.2) is 81.0 Å². The van der Waals surface area contributed by atoms with E-state index in [1.165, 1.54) is 33.5 Å². The van der Waals surface area contributed by atoms with Crippen molar-refractivity contribution in [3.63, 3.8) is 0 Å². The number of carbonyl (C=O) groups excluding carboxylic acids is 2. The molecule has 1 unspecified atom stereocenters. The van der Waals surface area contributed by atoms with Crippen LogP contribution < -0.4 is 0 Å². The van der Waals surface area contributed by atoms with E-state index >= 15 is 0 Å². The second kappa shape index (κ2) is 11.8. The molecular formula is C28H34N2O7S. The van der Waals surface area contributed by atoms with Crippen LogP contribution >= 0.6 is 0 Å². The lowest BCUT2D eigenvalue weighted by atomic mass is 9.93. The summed E-state index contributed by atoms with van der Waals surface area (Å²) >= 11 is 0. The van der Waals surface area contributed by atoms with Gasteiger partial charge in [0.2, 0.25) is 10.0 Å². The highest BCUT2D eigenvalue weighted by Gasteiger charge is 2.45. The van der Waals surface area contributed by atoms with Crippen molar-refractivity contribution in [3.8, 4) is 0 Å². The highest BCUT2D eigenvalue weighted by atomic mass is 32.2. The smallest absolute Gasteiger partial charge is 0.295 e. The number of Topliss-reactive ketones (excluding diaryl/α,β-unsaturated/α-hetero) is 1. The van der Waals surface area contributed by atoms with E-state index in [1.807, 2.05) is 24.3 Å². The monoisotopic (exact) mass is 542 g/mol. The molecule has 4 rings (SSSR count). The fraction of sp³-hybridized carbons (Fsp3) is 0.429. The molecule has 0 aliphatic carbocycles. The molecule has 2 aliphatic rings. The van der Waals surface area contributed by atoms with Gasteiger partial charge in [-0.1, -0.05) is 38.1 Å². The Morgan fingerprint density at radius 2 is 1.68 bits per heavy atom. The first-order valence-electron chi connectivity index (χ1n) is 12.7. The van der Waals surface area contributed by atoms with Gasteiger partial charge in [-0.2, -0.15) is 4.31 Å². The summed E-state index contributed by atoms with van der Waals surface area (Å²) in [5.74, 6) is -1.50. The van der Waals surface area contributed by atoms with Crippen molar-refractivity contribution in [2.24, 2.45) is 0 Å². The van der Waals surface area contributed by atoms with E-state index in [0.717, 1.165) is 5.56 Å². The van der Waals surface area contributed by atoms with Crippen LogP contribution in [-0.2, 0) is 29.1 Å². The van der Waals surface area contributed by atoms with Crippen molar-refractivity contribution < 1.29 is 32.6 Å². The second-order valence-electron chi connectivity index (χ2n) is 9.70. The summed E-state index contributed by atoms with van der Waals surface area (Å²) in [7, 11) is -2.15. The standard InChI is InChI=1S/C28H34N2O7S/c1-19(2)20-5-7-21(8-6-20)25-24(27(32)28(33)30(25)13-4-16-36-3)26(31)22-9-11-23(12-10-22)38(34,35)29-14-17-37-18-15-29/h5-12,19,25,31H,4,13-18H2,1-3H3. The minimum atomic E-state index is -3.72. The van der Waals surface area contributed by atoms with Crippen molar-refractivity contribution in [2.75, 3.05) is 46.6 Å². The SMILES string of the molecule is COCCCN1C(=O)C(=O)C(=C(O)c2ccc(S(=O)(=O)N3CCOCC3)cc2)C1c1ccc(C(C)C)cc1. The molecule has 9 nitrogen and oxygen atoms in total. The average molecular weight is 543 g/mol. The van der Waals surface area contributed by atoms with E-state index in [9.17, 15) is 23.1 Å². The Labute approximate surface area is 223 Å². The van der Waals surface area contributed by atoms with Crippen LogP contribution in [0.4, 0.5) is 0 Å². The van der Waals surface area contributed by atoms with Crippen LogP contribution in [0.3, 0.4) is 0 Å². The van der Waals surface area contributed by atoms with E-state index in [1.54, 1.807) is 7.11 Å². The summed E-state index contributed by atoms with van der Waals surface area (Å²) in [5, 5.41) is 11.3. The lowest BCUT2D eigenvalue weighted by Crippen LogP contribution is -2.40. The van der Waals surface area contributed by atoms with Gasteiger partial charge in [-0.3, -0.25) is 9.59 Å². The number of likely N-dealkylation sites (tertiary alicyclic amines) is 1. The van der Waals surface area contributed by atoms with E-state index in [4.69, 9.17) is 9.47 Å². The number of methoxy groups -OCH3 is 1. The van der Waals surface area contributed by atoms with Crippen molar-refractivity contribution >= 4 is 27.5 Å². The van der Waals surface area contributed by atoms with Gasteiger partial charge in [-0.05, 0) is 47.7 Å². The van der Waals surface area contributed by atoms with Gasteiger partial charge in [0, 0.05) is 38.9 Å². The highest BCUT2D eigenvalue weighted by Crippen LogP contribution is 2.40. The number of aliphatic hydroxyl groups is 1. The van der Waals surface area contributed by atoms with E-state index in [0.29, 0.717) is 37.7 Å². The summed E-state index contributed by atoms with van der Waals surface area (Å²) in [6, 6.07) is 12.6. The molecule has 0 saturated carbocycles. The molecule has 2 aliphatic heterocycles. The van der Waals surface area contributed by atoms with Crippen molar-refractivity contribution in [1.82, 2.24) is 9.21 Å². The molecule has 2 saturated heterocycles. The number of hydrogen-bond donors (Lipinski definition) is 1. The first-order chi connectivity index (χ1) is 18.2. The number of aliphatic hydroxyl groups excluding tert-OH is 1. The fourth-order valence-corrected chi connectivity index (χ4v) is 6.18. The fourth-order valence-electron chi connectivity index (χ4n) is 4.78. The van der Waals surface area contributed by atoms with Gasteiger partial charge in [-0.15, -0.1) is 0 Å². The van der Waals surface area contributed by atoms with Crippen LogP contribution in [0.5, 0.6) is 0 Å². The molecule has 0 radical (unpaired) electrons. The van der Waals surface area contributed by atoms with Crippen LogP contribution in [0, 0.1) is 0 Å². The molecule has 2 aromatic rings. The van der Waals surface area contributed by atoms with Gasteiger partial charge in [0.05, 0.1) is 29.7 Å². The summed E-state index contributed by atoms with van der Waals surface area (Å²) in [6.45, 7) is 6.06. The first kappa shape index (κ1) is 28.0. The zero-order valence-electron chi connectivity index (χ0n) is 21.9. The quantitative estimate of drug-likeness (QED) is 0.224. The topological polar surface area (TPSA) is 113 Å². The van der Waals surface area contributed by atoms with Gasteiger partial charge < -0.3 is 19.5 Å². The molecule has 204 valence electrons. The van der Waals surface area contributed by atoms with Crippen molar-refractivity contribution in [2.45, 2.75) is 37.1 Å². The van der Waals surface area contributed by atoms with Crippen LogP contribution in [0.25, 0.3) is 5.76 Å².